The molecule has 1 saturated carbocycles. The van der Waals surface area contributed by atoms with Crippen LogP contribution < -0.4 is 5.32 Å². The van der Waals surface area contributed by atoms with Gasteiger partial charge in [-0.3, -0.25) is 9.59 Å². The van der Waals surface area contributed by atoms with E-state index in [1.165, 1.54) is 6.92 Å². The molecular weight excluding hydrogens is 232 g/mol. The summed E-state index contributed by atoms with van der Waals surface area (Å²) in [6.45, 7) is 2.34. The van der Waals surface area contributed by atoms with Crippen LogP contribution in [0.1, 0.15) is 31.9 Å². The Bertz CT molecular complexity index is 410. The highest BCUT2D eigenvalue weighted by Crippen LogP contribution is 2.18. The normalized spacial score (nSPS) is 14.3. The molecule has 1 fully saturated rings. The first-order chi connectivity index (χ1) is 8.65. The minimum atomic E-state index is -0.0504. The Kier molecular flexibility index (Phi) is 4.02. The van der Waals surface area contributed by atoms with Gasteiger partial charge in [-0.15, -0.1) is 0 Å². The third-order valence-corrected chi connectivity index (χ3v) is 2.92. The molecule has 1 heterocycles. The van der Waals surface area contributed by atoms with Crippen LogP contribution in [-0.4, -0.2) is 29.3 Å². The van der Waals surface area contributed by atoms with Gasteiger partial charge in [0.2, 0.25) is 11.8 Å². The highest BCUT2D eigenvalue weighted by atomic mass is 16.3. The number of carbonyl (C=O) groups is 2. The second kappa shape index (κ2) is 5.71. The minimum Gasteiger partial charge on any atom is -0.467 e. The average molecular weight is 250 g/mol. The maximum atomic E-state index is 11.6. The van der Waals surface area contributed by atoms with Crippen molar-refractivity contribution in [1.29, 1.82) is 0 Å². The van der Waals surface area contributed by atoms with Gasteiger partial charge in [-0.2, -0.15) is 0 Å². The van der Waals surface area contributed by atoms with Gasteiger partial charge in [0.25, 0.3) is 0 Å². The number of amides is 2. The van der Waals surface area contributed by atoms with Gasteiger partial charge in [-0.25, -0.2) is 0 Å². The van der Waals surface area contributed by atoms with E-state index in [4.69, 9.17) is 4.42 Å². The minimum absolute atomic E-state index is 0.0168. The van der Waals surface area contributed by atoms with E-state index in [2.05, 4.69) is 5.32 Å². The summed E-state index contributed by atoms with van der Waals surface area (Å²) < 4.78 is 5.20. The zero-order valence-electron chi connectivity index (χ0n) is 10.5. The monoisotopic (exact) mass is 250 g/mol. The summed E-state index contributed by atoms with van der Waals surface area (Å²) in [7, 11) is 0. The number of hydrogen-bond acceptors (Lipinski definition) is 3. The van der Waals surface area contributed by atoms with Gasteiger partial charge in [0.1, 0.15) is 5.76 Å². The van der Waals surface area contributed by atoms with Gasteiger partial charge >= 0.3 is 0 Å². The van der Waals surface area contributed by atoms with Crippen LogP contribution in [0.5, 0.6) is 0 Å². The first-order valence-corrected chi connectivity index (χ1v) is 6.22. The van der Waals surface area contributed by atoms with Gasteiger partial charge in [0.15, 0.2) is 0 Å². The smallest absolute Gasteiger partial charge is 0.221 e. The molecule has 1 N–H and O–H groups in total. The van der Waals surface area contributed by atoms with E-state index in [0.717, 1.165) is 18.6 Å². The van der Waals surface area contributed by atoms with Gasteiger partial charge < -0.3 is 14.6 Å². The van der Waals surface area contributed by atoms with Crippen LogP contribution in [0.15, 0.2) is 22.8 Å². The molecule has 0 bridgehead atoms. The Morgan fingerprint density at radius 2 is 2.28 bits per heavy atom. The molecule has 0 unspecified atom stereocenters. The zero-order valence-corrected chi connectivity index (χ0v) is 10.5. The van der Waals surface area contributed by atoms with Crippen LogP contribution in [0.4, 0.5) is 0 Å². The molecule has 0 spiro atoms. The van der Waals surface area contributed by atoms with E-state index in [0.29, 0.717) is 25.6 Å². The molecule has 2 amide bonds. The lowest BCUT2D eigenvalue weighted by molar-refractivity contribution is -0.130. The second-order valence-corrected chi connectivity index (χ2v) is 4.61. The van der Waals surface area contributed by atoms with Crippen LogP contribution in [0.2, 0.25) is 0 Å². The molecule has 2 rings (SSSR count). The Balaban J connectivity index is 1.78. The zero-order chi connectivity index (χ0) is 13.0. The van der Waals surface area contributed by atoms with E-state index in [1.54, 1.807) is 17.2 Å². The van der Waals surface area contributed by atoms with Gasteiger partial charge in [-0.1, -0.05) is 0 Å². The fourth-order valence-corrected chi connectivity index (χ4v) is 1.70. The Labute approximate surface area is 106 Å². The summed E-state index contributed by atoms with van der Waals surface area (Å²) in [5.41, 5.74) is 0. The molecule has 1 aromatic rings. The maximum Gasteiger partial charge on any atom is 0.221 e. The molecule has 1 aromatic heterocycles. The van der Waals surface area contributed by atoms with Gasteiger partial charge in [0, 0.05) is 25.9 Å². The van der Waals surface area contributed by atoms with Crippen molar-refractivity contribution < 1.29 is 14.0 Å². The topological polar surface area (TPSA) is 62.6 Å². The first kappa shape index (κ1) is 12.7. The van der Waals surface area contributed by atoms with Crippen molar-refractivity contribution >= 4 is 11.8 Å². The van der Waals surface area contributed by atoms with E-state index >= 15 is 0 Å². The molecular formula is C13H18N2O3. The summed E-state index contributed by atoms with van der Waals surface area (Å²) in [6.07, 6.45) is 4.08. The van der Waals surface area contributed by atoms with Crippen molar-refractivity contribution in [2.24, 2.45) is 0 Å². The predicted molar refractivity (Wildman–Crippen MR) is 65.6 cm³/mol. The second-order valence-electron chi connectivity index (χ2n) is 4.61. The summed E-state index contributed by atoms with van der Waals surface area (Å²) in [6, 6.07) is 3.97. The molecule has 18 heavy (non-hydrogen) atoms. The predicted octanol–water partition coefficient (Wildman–Crippen LogP) is 1.30. The largest absolute Gasteiger partial charge is 0.467 e. The fourth-order valence-electron chi connectivity index (χ4n) is 1.70. The number of hydrogen-bond donors (Lipinski definition) is 1. The molecule has 0 radical (unpaired) electrons. The molecule has 0 aliphatic heterocycles. The Morgan fingerprint density at radius 1 is 1.50 bits per heavy atom. The fraction of sp³-hybridized carbons (Fsp3) is 0.538. The number of carbonyl (C=O) groups excluding carboxylic acids is 2. The van der Waals surface area contributed by atoms with E-state index in [1.807, 2.05) is 6.07 Å². The van der Waals surface area contributed by atoms with Crippen LogP contribution in [0.3, 0.4) is 0 Å². The molecule has 0 atom stereocenters. The van der Waals surface area contributed by atoms with Crippen molar-refractivity contribution in [3.8, 4) is 0 Å². The summed E-state index contributed by atoms with van der Waals surface area (Å²) in [5, 5.41) is 2.91. The van der Waals surface area contributed by atoms with Crippen LogP contribution in [0, 0.1) is 0 Å². The third kappa shape index (κ3) is 3.91. The molecule has 0 aromatic carbocycles. The van der Waals surface area contributed by atoms with Crippen LogP contribution in [0.25, 0.3) is 0 Å². The molecule has 98 valence electrons. The maximum absolute atomic E-state index is 11.6. The van der Waals surface area contributed by atoms with E-state index < -0.39 is 0 Å². The molecule has 1 aliphatic carbocycles. The number of furan rings is 1. The van der Waals surface area contributed by atoms with Gasteiger partial charge in [0.05, 0.1) is 12.8 Å². The standard InChI is InChI=1S/C13H18N2O3/c1-10(16)15(9-12-3-2-8-18-12)7-6-13(17)14-11-4-5-11/h2-3,8,11H,4-7,9H2,1H3,(H,14,17). The quantitative estimate of drug-likeness (QED) is 0.827. The Morgan fingerprint density at radius 3 is 2.83 bits per heavy atom. The lowest BCUT2D eigenvalue weighted by Gasteiger charge is -2.19. The summed E-state index contributed by atoms with van der Waals surface area (Å²) >= 11 is 0. The first-order valence-electron chi connectivity index (χ1n) is 6.22. The summed E-state index contributed by atoms with van der Waals surface area (Å²) in [5.74, 6) is 0.696. The Hall–Kier alpha value is -1.78. The van der Waals surface area contributed by atoms with E-state index in [-0.39, 0.29) is 11.8 Å². The van der Waals surface area contributed by atoms with Gasteiger partial charge in [-0.05, 0) is 25.0 Å². The number of nitrogens with one attached hydrogen (secondary N) is 1. The average Bonchev–Trinajstić information content (AvgIpc) is 2.98. The van der Waals surface area contributed by atoms with E-state index in [9.17, 15) is 9.59 Å². The van der Waals surface area contributed by atoms with Crippen molar-refractivity contribution in [3.63, 3.8) is 0 Å². The number of rotatable bonds is 6. The third-order valence-electron chi connectivity index (χ3n) is 2.92. The molecule has 1 aliphatic rings. The van der Waals surface area contributed by atoms with Crippen molar-refractivity contribution in [2.75, 3.05) is 6.54 Å². The van der Waals surface area contributed by atoms with Crippen molar-refractivity contribution in [2.45, 2.75) is 38.8 Å². The lowest BCUT2D eigenvalue weighted by Crippen LogP contribution is -2.34. The van der Waals surface area contributed by atoms with Crippen molar-refractivity contribution in [3.05, 3.63) is 24.2 Å². The molecule has 5 heteroatoms. The molecule has 5 nitrogen and oxygen atoms in total. The lowest BCUT2D eigenvalue weighted by atomic mass is 10.3. The van der Waals surface area contributed by atoms with Crippen LogP contribution >= 0.6 is 0 Å². The summed E-state index contributed by atoms with van der Waals surface area (Å²) in [4.78, 5) is 24.6. The number of nitrogens with zero attached hydrogens (tertiary/aromatic N) is 1. The van der Waals surface area contributed by atoms with Crippen molar-refractivity contribution in [1.82, 2.24) is 10.2 Å². The molecule has 0 saturated heterocycles. The highest BCUT2D eigenvalue weighted by molar-refractivity contribution is 5.78. The highest BCUT2D eigenvalue weighted by Gasteiger charge is 2.23. The SMILES string of the molecule is CC(=O)N(CCC(=O)NC1CC1)Cc1ccco1. The van der Waals surface area contributed by atoms with Crippen LogP contribution in [-0.2, 0) is 16.1 Å².